The first-order valence-corrected chi connectivity index (χ1v) is 20.4. The monoisotopic (exact) mass is 770 g/mol. The maximum atomic E-state index is 14.1. The second-order valence-corrected chi connectivity index (χ2v) is 16.3. The minimum absolute atomic E-state index is 0.00888. The first kappa shape index (κ1) is 38.2. The van der Waals surface area contributed by atoms with Crippen LogP contribution in [-0.2, 0) is 46.4 Å². The predicted molar refractivity (Wildman–Crippen MR) is 214 cm³/mol. The van der Waals surface area contributed by atoms with E-state index >= 15 is 0 Å². The van der Waals surface area contributed by atoms with Crippen LogP contribution in [0.5, 0.6) is 11.5 Å². The van der Waals surface area contributed by atoms with E-state index in [1.807, 2.05) is 73.7 Å². The quantitative estimate of drug-likeness (QED) is 0.0864. The summed E-state index contributed by atoms with van der Waals surface area (Å²) in [4.78, 5) is 54.6. The number of amides is 2. The number of aliphatic carboxylic acids is 1. The van der Waals surface area contributed by atoms with Crippen molar-refractivity contribution < 1.29 is 38.5 Å². The molecule has 296 valence electrons. The number of para-hydroxylation sites is 2. The molecule has 0 heterocycles. The van der Waals surface area contributed by atoms with Crippen LogP contribution in [0.4, 0.5) is 0 Å². The molecule has 57 heavy (non-hydrogen) atoms. The van der Waals surface area contributed by atoms with Crippen molar-refractivity contribution in [2.45, 2.75) is 114 Å². The fraction of sp³-hybridized carbons (Fsp3) is 0.404. The minimum atomic E-state index is -1.45. The highest BCUT2D eigenvalue weighted by atomic mass is 16.5. The fourth-order valence-electron chi connectivity index (χ4n) is 8.49. The Labute approximate surface area is 333 Å². The van der Waals surface area contributed by atoms with Crippen molar-refractivity contribution in [2.24, 2.45) is 0 Å². The first-order valence-electron chi connectivity index (χ1n) is 20.4. The van der Waals surface area contributed by atoms with Crippen molar-refractivity contribution in [1.82, 2.24) is 10.6 Å². The Kier molecular flexibility index (Phi) is 10.8. The molecular formula is C47H50N2O8. The Bertz CT molecular complexity index is 2140. The number of hydrogen-bond acceptors (Lipinski definition) is 7. The average Bonchev–Trinajstić information content (AvgIpc) is 3.74. The molecule has 4 aliphatic rings. The number of benzene rings is 4. The summed E-state index contributed by atoms with van der Waals surface area (Å²) in [5.74, 6) is -1.35. The molecule has 4 aliphatic carbocycles. The van der Waals surface area contributed by atoms with Crippen LogP contribution in [0.2, 0.25) is 0 Å². The van der Waals surface area contributed by atoms with Crippen LogP contribution in [0.25, 0.3) is 0 Å². The van der Waals surface area contributed by atoms with E-state index in [4.69, 9.17) is 14.2 Å². The van der Waals surface area contributed by atoms with Crippen LogP contribution in [0.1, 0.15) is 105 Å². The summed E-state index contributed by atoms with van der Waals surface area (Å²) in [7, 11) is 0. The summed E-state index contributed by atoms with van der Waals surface area (Å²) < 4.78 is 18.7. The fourth-order valence-corrected chi connectivity index (χ4v) is 8.49. The van der Waals surface area contributed by atoms with E-state index in [0.29, 0.717) is 54.7 Å². The molecule has 0 spiro atoms. The summed E-state index contributed by atoms with van der Waals surface area (Å²) in [5.41, 5.74) is 3.56. The van der Waals surface area contributed by atoms with E-state index in [-0.39, 0.29) is 37.6 Å². The molecule has 8 rings (SSSR count). The normalized spacial score (nSPS) is 17.6. The van der Waals surface area contributed by atoms with E-state index in [9.17, 15) is 24.3 Å². The van der Waals surface area contributed by atoms with Gasteiger partial charge in [-0.05, 0) is 110 Å². The number of esters is 1. The number of carbonyl (C=O) groups excluding carboxylic acids is 3. The second-order valence-electron chi connectivity index (χ2n) is 16.3. The largest absolute Gasteiger partial charge is 0.489 e. The maximum Gasteiger partial charge on any atom is 0.332 e. The van der Waals surface area contributed by atoms with Crippen molar-refractivity contribution in [3.63, 3.8) is 0 Å². The zero-order valence-electron chi connectivity index (χ0n) is 32.4. The Morgan fingerprint density at radius 1 is 0.632 bits per heavy atom. The smallest absolute Gasteiger partial charge is 0.332 e. The lowest BCUT2D eigenvalue weighted by Gasteiger charge is -2.30. The van der Waals surface area contributed by atoms with Crippen molar-refractivity contribution in [2.75, 3.05) is 6.61 Å². The summed E-state index contributed by atoms with van der Waals surface area (Å²) in [6.07, 6.45) is 8.73. The van der Waals surface area contributed by atoms with Gasteiger partial charge in [-0.2, -0.15) is 0 Å². The van der Waals surface area contributed by atoms with Gasteiger partial charge in [-0.3, -0.25) is 9.59 Å². The Morgan fingerprint density at radius 3 is 1.65 bits per heavy atom. The molecule has 0 aliphatic heterocycles. The summed E-state index contributed by atoms with van der Waals surface area (Å²) in [6.45, 7) is 2.08. The van der Waals surface area contributed by atoms with E-state index in [1.54, 1.807) is 18.2 Å². The van der Waals surface area contributed by atoms with Gasteiger partial charge in [-0.1, -0.05) is 72.8 Å². The van der Waals surface area contributed by atoms with Gasteiger partial charge in [-0.25, -0.2) is 9.59 Å². The number of carbonyl (C=O) groups is 4. The molecule has 10 nitrogen and oxygen atoms in total. The molecule has 3 N–H and O–H groups in total. The van der Waals surface area contributed by atoms with E-state index in [1.165, 1.54) is 0 Å². The van der Waals surface area contributed by atoms with E-state index in [0.717, 1.165) is 71.9 Å². The number of carboxylic acid groups (broad SMARTS) is 1. The molecular weight excluding hydrogens is 721 g/mol. The van der Waals surface area contributed by atoms with Gasteiger partial charge in [0.2, 0.25) is 0 Å². The van der Waals surface area contributed by atoms with Crippen molar-refractivity contribution in [3.8, 4) is 11.5 Å². The molecule has 0 atom stereocenters. The van der Waals surface area contributed by atoms with E-state index in [2.05, 4.69) is 10.6 Å². The zero-order chi connectivity index (χ0) is 39.6. The Balaban J connectivity index is 0.936. The number of fused-ring (bicyclic) bond motifs is 2. The molecule has 4 aromatic rings. The van der Waals surface area contributed by atoms with Gasteiger partial charge in [0.15, 0.2) is 0 Å². The number of rotatable bonds is 15. The topological polar surface area (TPSA) is 140 Å². The molecule has 0 saturated heterocycles. The maximum absolute atomic E-state index is 14.1. The number of aryl methyl sites for hydroxylation is 2. The SMILES string of the molecule is Cc1cccc(C(=O)NC2(C(=O)OCCCCc3cccc(C(=O)NC4(C(=O)O)Cc5ccccc5C4)c3OC3CCC3)Cc3ccccc3C2)c1OC1CCC1. The molecule has 0 radical (unpaired) electrons. The van der Waals surface area contributed by atoms with Crippen molar-refractivity contribution in [3.05, 3.63) is 129 Å². The summed E-state index contributed by atoms with van der Waals surface area (Å²) in [6, 6.07) is 26.4. The minimum Gasteiger partial charge on any atom is -0.489 e. The van der Waals surface area contributed by atoms with Crippen molar-refractivity contribution in [1.29, 1.82) is 0 Å². The number of hydrogen-bond donors (Lipinski definition) is 3. The van der Waals surface area contributed by atoms with Gasteiger partial charge in [0.1, 0.15) is 22.6 Å². The Morgan fingerprint density at radius 2 is 1.12 bits per heavy atom. The lowest BCUT2D eigenvalue weighted by atomic mass is 9.93. The number of ether oxygens (including phenoxy) is 3. The third-order valence-corrected chi connectivity index (χ3v) is 12.3. The highest BCUT2D eigenvalue weighted by Gasteiger charge is 2.48. The highest BCUT2D eigenvalue weighted by Crippen LogP contribution is 2.37. The standard InChI is InChI=1S/C47H50N2O8/c1-30-12-8-23-38(40(30)56-36-19-10-20-36)42(50)49-47(28-34-16-4-5-17-35(34)29-47)45(54)55-25-7-6-13-31-18-9-24-39(41(31)57-37-21-11-22-37)43(51)48-46(44(52)53)26-32-14-2-3-15-33(32)27-46/h2-5,8-9,12,14-18,23-24,36-37H,6-7,10-11,13,19-22,25-29H2,1H3,(H,48,51)(H,49,50)(H,52,53). The van der Waals surface area contributed by atoms with Crippen LogP contribution in [-0.4, -0.2) is 58.8 Å². The lowest BCUT2D eigenvalue weighted by Crippen LogP contribution is -2.56. The van der Waals surface area contributed by atoms with Crippen LogP contribution in [0.15, 0.2) is 84.9 Å². The van der Waals surface area contributed by atoms with E-state index < -0.39 is 28.9 Å². The number of unbranched alkanes of at least 4 members (excludes halogenated alkanes) is 1. The molecule has 2 saturated carbocycles. The second kappa shape index (κ2) is 16.1. The van der Waals surface area contributed by atoms with Gasteiger partial charge in [0.25, 0.3) is 11.8 Å². The van der Waals surface area contributed by atoms with Gasteiger partial charge < -0.3 is 30.0 Å². The highest BCUT2D eigenvalue weighted by molar-refractivity contribution is 6.02. The van der Waals surface area contributed by atoms with Gasteiger partial charge in [0, 0.05) is 25.7 Å². The average molecular weight is 771 g/mol. The number of carboxylic acids is 1. The zero-order valence-corrected chi connectivity index (χ0v) is 32.4. The molecule has 2 fully saturated rings. The molecule has 10 heteroatoms. The molecule has 0 aromatic heterocycles. The van der Waals surface area contributed by atoms with Gasteiger partial charge in [-0.15, -0.1) is 0 Å². The van der Waals surface area contributed by atoms with Crippen molar-refractivity contribution >= 4 is 23.8 Å². The van der Waals surface area contributed by atoms with Gasteiger partial charge in [0.05, 0.1) is 29.9 Å². The van der Waals surface area contributed by atoms with Crippen LogP contribution in [0.3, 0.4) is 0 Å². The van der Waals surface area contributed by atoms with Crippen LogP contribution < -0.4 is 20.1 Å². The predicted octanol–water partition coefficient (Wildman–Crippen LogP) is 7.04. The lowest BCUT2D eigenvalue weighted by molar-refractivity contribution is -0.151. The molecule has 0 bridgehead atoms. The summed E-state index contributed by atoms with van der Waals surface area (Å²) >= 11 is 0. The summed E-state index contributed by atoms with van der Waals surface area (Å²) in [5, 5.41) is 16.3. The Hall–Kier alpha value is -5.64. The first-order chi connectivity index (χ1) is 27.6. The molecule has 0 unspecified atom stereocenters. The van der Waals surface area contributed by atoms with Crippen LogP contribution >= 0.6 is 0 Å². The molecule has 2 amide bonds. The third kappa shape index (κ3) is 7.87. The third-order valence-electron chi connectivity index (χ3n) is 12.3. The van der Waals surface area contributed by atoms with Crippen LogP contribution in [0, 0.1) is 6.92 Å². The number of nitrogens with one attached hydrogen (secondary N) is 2. The molecule has 4 aromatic carbocycles. The van der Waals surface area contributed by atoms with Gasteiger partial charge >= 0.3 is 11.9 Å².